The predicted octanol–water partition coefficient (Wildman–Crippen LogP) is 5.49. The van der Waals surface area contributed by atoms with Crippen LogP contribution in [0, 0.1) is 20.8 Å². The third-order valence-electron chi connectivity index (χ3n) is 4.63. The predicted molar refractivity (Wildman–Crippen MR) is 109 cm³/mol. The maximum Gasteiger partial charge on any atom is 0.135 e. The molecule has 0 aliphatic heterocycles. The van der Waals surface area contributed by atoms with Crippen molar-refractivity contribution in [2.24, 2.45) is 0 Å². The first-order valence-electron chi connectivity index (χ1n) is 9.27. The van der Waals surface area contributed by atoms with Crippen LogP contribution in [0.2, 0.25) is 0 Å². The van der Waals surface area contributed by atoms with Gasteiger partial charge in [-0.1, -0.05) is 66.6 Å². The van der Waals surface area contributed by atoms with Gasteiger partial charge in [0.15, 0.2) is 0 Å². The van der Waals surface area contributed by atoms with Crippen LogP contribution in [0.4, 0.5) is 5.82 Å². The summed E-state index contributed by atoms with van der Waals surface area (Å²) >= 11 is 0. The second kappa shape index (κ2) is 8.13. The van der Waals surface area contributed by atoms with Gasteiger partial charge in [-0.25, -0.2) is 9.97 Å². The number of rotatable bonds is 6. The first kappa shape index (κ1) is 18.1. The average molecular weight is 345 g/mol. The number of aryl methyl sites for hydroxylation is 2. The fourth-order valence-corrected chi connectivity index (χ4v) is 3.32. The third-order valence-corrected chi connectivity index (χ3v) is 4.63. The van der Waals surface area contributed by atoms with Crippen molar-refractivity contribution in [2.75, 3.05) is 11.4 Å². The molecular weight excluding hydrogens is 318 g/mol. The fraction of sp³-hybridized carbons (Fsp3) is 0.304. The van der Waals surface area contributed by atoms with Crippen molar-refractivity contribution in [3.05, 3.63) is 77.1 Å². The summed E-state index contributed by atoms with van der Waals surface area (Å²) in [6.45, 7) is 10.4. The van der Waals surface area contributed by atoms with Gasteiger partial charge >= 0.3 is 0 Å². The van der Waals surface area contributed by atoms with Crippen molar-refractivity contribution in [1.29, 1.82) is 0 Å². The maximum atomic E-state index is 4.63. The molecule has 0 unspecified atom stereocenters. The molecule has 0 bridgehead atoms. The van der Waals surface area contributed by atoms with E-state index in [1.807, 2.05) is 0 Å². The molecule has 0 aliphatic rings. The van der Waals surface area contributed by atoms with Crippen LogP contribution in [0.25, 0.3) is 11.3 Å². The van der Waals surface area contributed by atoms with E-state index in [0.29, 0.717) is 0 Å². The van der Waals surface area contributed by atoms with Crippen molar-refractivity contribution in [3.8, 4) is 11.3 Å². The van der Waals surface area contributed by atoms with Crippen molar-refractivity contribution in [2.45, 2.75) is 40.7 Å². The molecule has 0 fully saturated rings. The van der Waals surface area contributed by atoms with Crippen LogP contribution < -0.4 is 4.90 Å². The lowest BCUT2D eigenvalue weighted by atomic mass is 10.0. The summed E-state index contributed by atoms with van der Waals surface area (Å²) < 4.78 is 0. The van der Waals surface area contributed by atoms with Gasteiger partial charge in [0, 0.05) is 24.2 Å². The number of anilines is 1. The summed E-state index contributed by atoms with van der Waals surface area (Å²) in [6.07, 6.45) is 2.77. The Morgan fingerprint density at radius 2 is 1.65 bits per heavy atom. The van der Waals surface area contributed by atoms with Gasteiger partial charge in [0.1, 0.15) is 12.1 Å². The van der Waals surface area contributed by atoms with Gasteiger partial charge in [-0.15, -0.1) is 0 Å². The molecule has 134 valence electrons. The Morgan fingerprint density at radius 3 is 2.35 bits per heavy atom. The zero-order chi connectivity index (χ0) is 18.5. The summed E-state index contributed by atoms with van der Waals surface area (Å²) in [7, 11) is 0. The van der Waals surface area contributed by atoms with Crippen molar-refractivity contribution in [3.63, 3.8) is 0 Å². The highest BCUT2D eigenvalue weighted by molar-refractivity contribution is 5.68. The van der Waals surface area contributed by atoms with Gasteiger partial charge in [0.25, 0.3) is 0 Å². The largest absolute Gasteiger partial charge is 0.352 e. The smallest absolute Gasteiger partial charge is 0.135 e. The second-order valence-electron chi connectivity index (χ2n) is 6.95. The Labute approximate surface area is 156 Å². The number of aromatic nitrogens is 2. The highest BCUT2D eigenvalue weighted by Crippen LogP contribution is 2.28. The lowest BCUT2D eigenvalue weighted by Gasteiger charge is -2.26. The molecule has 0 aliphatic carbocycles. The fourth-order valence-electron chi connectivity index (χ4n) is 3.32. The molecule has 1 heterocycles. The number of hydrogen-bond donors (Lipinski definition) is 0. The Hall–Kier alpha value is -2.68. The highest BCUT2D eigenvalue weighted by atomic mass is 15.2. The van der Waals surface area contributed by atoms with E-state index in [-0.39, 0.29) is 0 Å². The molecule has 3 nitrogen and oxygen atoms in total. The van der Waals surface area contributed by atoms with E-state index in [0.717, 1.165) is 42.1 Å². The molecule has 1 aromatic heterocycles. The topological polar surface area (TPSA) is 29.0 Å². The molecular formula is C23H27N3. The van der Waals surface area contributed by atoms with Crippen LogP contribution >= 0.6 is 0 Å². The van der Waals surface area contributed by atoms with Crippen molar-refractivity contribution >= 4 is 5.82 Å². The Balaban J connectivity index is 1.96. The SMILES string of the molecule is CCCN(Cc1cccc(C)c1)c1ncnc(-c2ccc(C)cc2)c1C. The summed E-state index contributed by atoms with van der Waals surface area (Å²) in [5.41, 5.74) is 7.15. The molecule has 0 N–H and O–H groups in total. The number of benzene rings is 2. The summed E-state index contributed by atoms with van der Waals surface area (Å²) in [5.74, 6) is 1.03. The standard InChI is InChI=1S/C23H27N3/c1-5-13-26(15-20-8-6-7-18(3)14-20)23-19(4)22(24-16-25-23)21-11-9-17(2)10-12-21/h6-12,14,16H,5,13,15H2,1-4H3. The zero-order valence-corrected chi connectivity index (χ0v) is 16.2. The first-order chi connectivity index (χ1) is 12.6. The summed E-state index contributed by atoms with van der Waals surface area (Å²) in [4.78, 5) is 11.6. The van der Waals surface area contributed by atoms with E-state index in [1.165, 1.54) is 16.7 Å². The van der Waals surface area contributed by atoms with Crippen LogP contribution in [0.15, 0.2) is 54.9 Å². The van der Waals surface area contributed by atoms with Crippen LogP contribution in [0.5, 0.6) is 0 Å². The Morgan fingerprint density at radius 1 is 0.885 bits per heavy atom. The van der Waals surface area contributed by atoms with Gasteiger partial charge in [0.2, 0.25) is 0 Å². The number of hydrogen-bond acceptors (Lipinski definition) is 3. The van der Waals surface area contributed by atoms with Crippen molar-refractivity contribution in [1.82, 2.24) is 9.97 Å². The molecule has 0 radical (unpaired) electrons. The molecule has 0 atom stereocenters. The molecule has 2 aromatic carbocycles. The third kappa shape index (κ3) is 4.10. The van der Waals surface area contributed by atoms with Gasteiger partial charge < -0.3 is 4.90 Å². The molecule has 3 heteroatoms. The lowest BCUT2D eigenvalue weighted by Crippen LogP contribution is -2.25. The normalized spacial score (nSPS) is 10.8. The molecule has 0 amide bonds. The zero-order valence-electron chi connectivity index (χ0n) is 16.2. The first-order valence-corrected chi connectivity index (χ1v) is 9.27. The minimum absolute atomic E-state index is 0.862. The van der Waals surface area contributed by atoms with Crippen LogP contribution in [0.1, 0.15) is 35.6 Å². The highest BCUT2D eigenvalue weighted by Gasteiger charge is 2.15. The Bertz CT molecular complexity index is 869. The van der Waals surface area contributed by atoms with E-state index >= 15 is 0 Å². The number of nitrogens with zero attached hydrogens (tertiary/aromatic N) is 3. The second-order valence-corrected chi connectivity index (χ2v) is 6.95. The average Bonchev–Trinajstić information content (AvgIpc) is 2.63. The maximum absolute atomic E-state index is 4.63. The molecule has 0 spiro atoms. The molecule has 0 saturated carbocycles. The van der Waals surface area contributed by atoms with Crippen LogP contribution in [-0.2, 0) is 6.54 Å². The van der Waals surface area contributed by atoms with Gasteiger partial charge in [0.05, 0.1) is 5.69 Å². The minimum atomic E-state index is 0.862. The van der Waals surface area contributed by atoms with E-state index < -0.39 is 0 Å². The van der Waals surface area contributed by atoms with E-state index in [2.05, 4.69) is 91.1 Å². The Kier molecular flexibility index (Phi) is 5.67. The van der Waals surface area contributed by atoms with E-state index in [4.69, 9.17) is 0 Å². The van der Waals surface area contributed by atoms with Gasteiger partial charge in [-0.2, -0.15) is 0 Å². The van der Waals surface area contributed by atoms with Crippen LogP contribution in [0.3, 0.4) is 0 Å². The summed E-state index contributed by atoms with van der Waals surface area (Å²) in [5, 5.41) is 0. The van der Waals surface area contributed by atoms with Crippen LogP contribution in [-0.4, -0.2) is 16.5 Å². The van der Waals surface area contributed by atoms with Crippen molar-refractivity contribution < 1.29 is 0 Å². The molecule has 0 saturated heterocycles. The van der Waals surface area contributed by atoms with E-state index in [1.54, 1.807) is 6.33 Å². The monoisotopic (exact) mass is 345 g/mol. The summed E-state index contributed by atoms with van der Waals surface area (Å²) in [6, 6.07) is 17.2. The lowest BCUT2D eigenvalue weighted by molar-refractivity contribution is 0.749. The van der Waals surface area contributed by atoms with Gasteiger partial charge in [-0.05, 0) is 32.8 Å². The minimum Gasteiger partial charge on any atom is -0.352 e. The van der Waals surface area contributed by atoms with Gasteiger partial charge in [-0.3, -0.25) is 0 Å². The van der Waals surface area contributed by atoms with E-state index in [9.17, 15) is 0 Å². The molecule has 3 aromatic rings. The molecule has 26 heavy (non-hydrogen) atoms. The molecule has 3 rings (SSSR count). The quantitative estimate of drug-likeness (QED) is 0.592.